The van der Waals surface area contributed by atoms with Crippen molar-refractivity contribution in [3.05, 3.63) is 0 Å². The van der Waals surface area contributed by atoms with Crippen molar-refractivity contribution in [3.63, 3.8) is 0 Å². The van der Waals surface area contributed by atoms with Gasteiger partial charge in [0.2, 0.25) is 0 Å². The topological polar surface area (TPSA) is 72.5 Å². The Bertz CT molecular complexity index is 258. The summed E-state index contributed by atoms with van der Waals surface area (Å²) in [4.78, 5) is 10.8. The Balaban J connectivity index is 2.07. The van der Waals surface area contributed by atoms with Crippen molar-refractivity contribution in [1.82, 2.24) is 0 Å². The monoisotopic (exact) mass is 261 g/mol. The van der Waals surface area contributed by atoms with E-state index in [2.05, 4.69) is 6.92 Å². The van der Waals surface area contributed by atoms with E-state index in [1.165, 1.54) is 0 Å². The zero-order valence-corrected chi connectivity index (χ0v) is 11.5. The predicted octanol–water partition coefficient (Wildman–Crippen LogP) is 1.87. The number of hydrogen-bond acceptors (Lipinski definition) is 4. The van der Waals surface area contributed by atoms with Gasteiger partial charge in [-0.05, 0) is 38.9 Å². The lowest BCUT2D eigenvalue weighted by Gasteiger charge is -2.19. The average molecular weight is 261 g/mol. The number of carbonyl (C=O) groups is 1. The van der Waals surface area contributed by atoms with Crippen LogP contribution in [0.2, 0.25) is 0 Å². The van der Waals surface area contributed by atoms with E-state index < -0.39 is 11.5 Å². The first-order chi connectivity index (χ1) is 7.93. The summed E-state index contributed by atoms with van der Waals surface area (Å²) in [7, 11) is 0. The first kappa shape index (κ1) is 14.8. The Morgan fingerprint density at radius 2 is 2.29 bits per heavy atom. The van der Waals surface area contributed by atoms with E-state index in [0.717, 1.165) is 31.6 Å². The third-order valence-corrected chi connectivity index (χ3v) is 4.79. The third-order valence-electron chi connectivity index (χ3n) is 3.22. The van der Waals surface area contributed by atoms with Crippen LogP contribution in [-0.4, -0.2) is 40.3 Å². The van der Waals surface area contributed by atoms with E-state index in [0.29, 0.717) is 17.8 Å². The number of carboxylic acid groups (broad SMARTS) is 1. The maximum Gasteiger partial charge on any atom is 0.323 e. The highest BCUT2D eigenvalue weighted by Crippen LogP contribution is 2.27. The Kier molecular flexibility index (Phi) is 5.76. The van der Waals surface area contributed by atoms with Crippen LogP contribution < -0.4 is 5.73 Å². The smallest absolute Gasteiger partial charge is 0.323 e. The van der Waals surface area contributed by atoms with Crippen LogP contribution in [-0.2, 0) is 9.53 Å². The van der Waals surface area contributed by atoms with E-state index in [-0.39, 0.29) is 0 Å². The van der Waals surface area contributed by atoms with Gasteiger partial charge in [-0.15, -0.1) is 0 Å². The minimum absolute atomic E-state index is 0.360. The van der Waals surface area contributed by atoms with E-state index in [1.807, 2.05) is 11.8 Å². The number of rotatable bonds is 7. The number of aliphatic carboxylic acids is 1. The van der Waals surface area contributed by atoms with Crippen LogP contribution >= 0.6 is 11.8 Å². The lowest BCUT2D eigenvalue weighted by atomic mass is 9.97. The summed E-state index contributed by atoms with van der Waals surface area (Å²) in [5.41, 5.74) is 4.58. The highest BCUT2D eigenvalue weighted by atomic mass is 32.2. The fourth-order valence-corrected chi connectivity index (χ4v) is 3.15. The van der Waals surface area contributed by atoms with Crippen molar-refractivity contribution in [2.45, 2.75) is 56.4 Å². The fourth-order valence-electron chi connectivity index (χ4n) is 1.87. The van der Waals surface area contributed by atoms with Gasteiger partial charge >= 0.3 is 5.97 Å². The second-order valence-electron chi connectivity index (χ2n) is 4.95. The van der Waals surface area contributed by atoms with Gasteiger partial charge in [-0.2, -0.15) is 11.8 Å². The van der Waals surface area contributed by atoms with Gasteiger partial charge in [0.1, 0.15) is 5.54 Å². The largest absolute Gasteiger partial charge is 0.480 e. The quantitative estimate of drug-likeness (QED) is 0.684. The van der Waals surface area contributed by atoms with Gasteiger partial charge in [-0.25, -0.2) is 0 Å². The molecule has 3 N–H and O–H groups in total. The molecule has 17 heavy (non-hydrogen) atoms. The highest BCUT2D eigenvalue weighted by molar-refractivity contribution is 7.99. The Hall–Kier alpha value is -0.260. The molecule has 0 bridgehead atoms. The zero-order valence-electron chi connectivity index (χ0n) is 10.6. The van der Waals surface area contributed by atoms with Gasteiger partial charge in [-0.3, -0.25) is 4.79 Å². The Morgan fingerprint density at radius 1 is 1.59 bits per heavy atom. The molecule has 1 aliphatic heterocycles. The molecular weight excluding hydrogens is 238 g/mol. The van der Waals surface area contributed by atoms with E-state index in [1.54, 1.807) is 6.92 Å². The first-order valence-electron chi connectivity index (χ1n) is 6.19. The third kappa shape index (κ3) is 4.85. The highest BCUT2D eigenvalue weighted by Gasteiger charge is 2.27. The maximum absolute atomic E-state index is 10.8. The van der Waals surface area contributed by atoms with Crippen LogP contribution in [0.1, 0.15) is 39.5 Å². The molecule has 0 aromatic carbocycles. The molecule has 0 aliphatic carbocycles. The maximum atomic E-state index is 10.8. The molecular formula is C12H23NO3S. The molecule has 1 fully saturated rings. The molecule has 1 rings (SSSR count). The van der Waals surface area contributed by atoms with Crippen molar-refractivity contribution in [2.24, 2.45) is 5.73 Å². The zero-order chi connectivity index (χ0) is 12.9. The van der Waals surface area contributed by atoms with Crippen LogP contribution in [0.3, 0.4) is 0 Å². The molecule has 0 spiro atoms. The van der Waals surface area contributed by atoms with E-state index >= 15 is 0 Å². The molecule has 3 atom stereocenters. The Morgan fingerprint density at radius 3 is 2.82 bits per heavy atom. The summed E-state index contributed by atoms with van der Waals surface area (Å²) >= 11 is 1.94. The summed E-state index contributed by atoms with van der Waals surface area (Å²) in [6.07, 6.45) is 3.93. The van der Waals surface area contributed by atoms with Crippen LogP contribution in [0.4, 0.5) is 0 Å². The minimum Gasteiger partial charge on any atom is -0.480 e. The molecule has 1 aliphatic rings. The molecule has 100 valence electrons. The number of thioether (sulfide) groups is 1. The normalized spacial score (nSPS) is 27.9. The standard InChI is InChI=1S/C12H23NO3S/c1-9-10(5-7-16-9)17-8-4-3-6-12(2,13)11(14)15/h9-10H,3-8,13H2,1-2H3,(H,14,15). The lowest BCUT2D eigenvalue weighted by molar-refractivity contribution is -0.142. The van der Waals surface area contributed by atoms with E-state index in [9.17, 15) is 4.79 Å². The molecule has 0 aromatic heterocycles. The first-order valence-corrected chi connectivity index (χ1v) is 7.24. The minimum atomic E-state index is -1.07. The van der Waals surface area contributed by atoms with Crippen molar-refractivity contribution in [2.75, 3.05) is 12.4 Å². The lowest BCUT2D eigenvalue weighted by Crippen LogP contribution is -2.44. The van der Waals surface area contributed by atoms with Crippen molar-refractivity contribution < 1.29 is 14.6 Å². The molecule has 0 amide bonds. The fraction of sp³-hybridized carbons (Fsp3) is 0.917. The molecule has 4 nitrogen and oxygen atoms in total. The summed E-state index contributed by atoms with van der Waals surface area (Å²) < 4.78 is 5.49. The number of ether oxygens (including phenoxy) is 1. The summed E-state index contributed by atoms with van der Waals surface area (Å²) in [6.45, 7) is 4.57. The van der Waals surface area contributed by atoms with Crippen LogP contribution in [0.25, 0.3) is 0 Å². The van der Waals surface area contributed by atoms with Gasteiger partial charge in [0.25, 0.3) is 0 Å². The molecule has 1 saturated heterocycles. The van der Waals surface area contributed by atoms with Crippen LogP contribution in [0, 0.1) is 0 Å². The van der Waals surface area contributed by atoms with Gasteiger partial charge in [0.15, 0.2) is 0 Å². The van der Waals surface area contributed by atoms with Crippen molar-refractivity contribution >= 4 is 17.7 Å². The molecule has 0 aromatic rings. The summed E-state index contributed by atoms with van der Waals surface area (Å²) in [5, 5.41) is 9.47. The second kappa shape index (κ2) is 6.61. The molecule has 0 radical (unpaired) electrons. The molecule has 1 heterocycles. The number of hydrogen-bond donors (Lipinski definition) is 2. The Labute approximate surface area is 107 Å². The van der Waals surface area contributed by atoms with Gasteiger partial charge < -0.3 is 15.6 Å². The average Bonchev–Trinajstić information content (AvgIpc) is 2.63. The number of unbranched alkanes of at least 4 members (excludes halogenated alkanes) is 1. The molecule has 0 saturated carbocycles. The molecule has 3 unspecified atom stereocenters. The van der Waals surface area contributed by atoms with Gasteiger partial charge in [0, 0.05) is 11.9 Å². The second-order valence-corrected chi connectivity index (χ2v) is 6.30. The summed E-state index contributed by atoms with van der Waals surface area (Å²) in [6, 6.07) is 0. The number of nitrogens with two attached hydrogens (primary N) is 1. The SMILES string of the molecule is CC1OCCC1SCCCCC(C)(N)C(=O)O. The predicted molar refractivity (Wildman–Crippen MR) is 70.4 cm³/mol. The van der Waals surface area contributed by atoms with Crippen molar-refractivity contribution in [3.8, 4) is 0 Å². The van der Waals surface area contributed by atoms with Crippen molar-refractivity contribution in [1.29, 1.82) is 0 Å². The number of carboxylic acids is 1. The van der Waals surface area contributed by atoms with Crippen LogP contribution in [0.5, 0.6) is 0 Å². The van der Waals surface area contributed by atoms with Gasteiger partial charge in [-0.1, -0.05) is 6.42 Å². The van der Waals surface area contributed by atoms with Crippen LogP contribution in [0.15, 0.2) is 0 Å². The summed E-state index contributed by atoms with van der Waals surface area (Å²) in [5.74, 6) is 0.150. The molecule has 5 heteroatoms. The van der Waals surface area contributed by atoms with Gasteiger partial charge in [0.05, 0.1) is 6.10 Å². The van der Waals surface area contributed by atoms with E-state index in [4.69, 9.17) is 15.6 Å².